The average Bonchev–Trinajstić information content (AvgIpc) is 3.23. The van der Waals surface area contributed by atoms with Crippen molar-refractivity contribution >= 4 is 34.4 Å². The number of anilines is 1. The standard InChI is InChI=1S/C24H21FN4O2/c25-17-5-1-4-16(11-17)24-23-21(26-14-27-23)9-10-29(24)13-22(31)28-20-6-2-3-15-7-8-18(30)12-19(15)20/h1-8,11-12,14,21,24,30H,9-10,13H2,(H,28,31). The van der Waals surface area contributed by atoms with Gasteiger partial charge in [0.25, 0.3) is 0 Å². The molecule has 0 radical (unpaired) electrons. The second-order valence-electron chi connectivity index (χ2n) is 7.81. The minimum atomic E-state index is -0.320. The Bertz CT molecular complexity index is 1220. The van der Waals surface area contributed by atoms with Crippen molar-refractivity contribution in [3.63, 3.8) is 0 Å². The first kappa shape index (κ1) is 19.4. The maximum absolute atomic E-state index is 13.9. The maximum atomic E-state index is 13.9. The largest absolute Gasteiger partial charge is 0.508 e. The number of amides is 1. The minimum absolute atomic E-state index is 0.0198. The minimum Gasteiger partial charge on any atom is -0.508 e. The number of hydrogen-bond acceptors (Lipinski definition) is 5. The van der Waals surface area contributed by atoms with E-state index in [1.165, 1.54) is 12.1 Å². The van der Waals surface area contributed by atoms with Crippen molar-refractivity contribution in [1.82, 2.24) is 4.90 Å². The summed E-state index contributed by atoms with van der Waals surface area (Å²) in [5.74, 6) is -0.365. The fraction of sp³-hybridized carbons (Fsp3) is 0.208. The maximum Gasteiger partial charge on any atom is 0.238 e. The van der Waals surface area contributed by atoms with Gasteiger partial charge in [-0.25, -0.2) is 9.38 Å². The SMILES string of the molecule is O=C(CN1CCC2N=CN=C2C1c1cccc(F)c1)Nc1cccc2ccc(O)cc12. The topological polar surface area (TPSA) is 77.3 Å². The second-order valence-corrected chi connectivity index (χ2v) is 7.81. The predicted octanol–water partition coefficient (Wildman–Crippen LogP) is 3.92. The van der Waals surface area contributed by atoms with Crippen LogP contribution in [0, 0.1) is 5.82 Å². The van der Waals surface area contributed by atoms with Crippen molar-refractivity contribution in [2.75, 3.05) is 18.4 Å². The van der Waals surface area contributed by atoms with Gasteiger partial charge in [0.05, 0.1) is 24.3 Å². The molecule has 5 rings (SSSR count). The lowest BCUT2D eigenvalue weighted by atomic mass is 9.90. The monoisotopic (exact) mass is 416 g/mol. The molecule has 1 fully saturated rings. The van der Waals surface area contributed by atoms with Crippen molar-refractivity contribution in [2.45, 2.75) is 18.5 Å². The van der Waals surface area contributed by atoms with Crippen LogP contribution in [0.4, 0.5) is 10.1 Å². The van der Waals surface area contributed by atoms with Crippen LogP contribution in [0.5, 0.6) is 5.75 Å². The summed E-state index contributed by atoms with van der Waals surface area (Å²) in [6, 6.07) is 16.8. The van der Waals surface area contributed by atoms with Gasteiger partial charge in [-0.3, -0.25) is 14.7 Å². The van der Waals surface area contributed by atoms with Crippen molar-refractivity contribution in [3.05, 3.63) is 72.0 Å². The molecule has 7 heteroatoms. The van der Waals surface area contributed by atoms with E-state index in [0.29, 0.717) is 12.2 Å². The molecule has 2 heterocycles. The molecule has 31 heavy (non-hydrogen) atoms. The van der Waals surface area contributed by atoms with Gasteiger partial charge in [0.15, 0.2) is 0 Å². The number of aromatic hydroxyl groups is 1. The lowest BCUT2D eigenvalue weighted by molar-refractivity contribution is -0.117. The number of benzene rings is 3. The van der Waals surface area contributed by atoms with Crippen LogP contribution in [0.1, 0.15) is 18.0 Å². The number of nitrogens with zero attached hydrogens (tertiary/aromatic N) is 3. The quantitative estimate of drug-likeness (QED) is 0.677. The Morgan fingerprint density at radius 2 is 2.03 bits per heavy atom. The smallest absolute Gasteiger partial charge is 0.238 e. The van der Waals surface area contributed by atoms with Gasteiger partial charge in [-0.1, -0.05) is 30.3 Å². The zero-order valence-electron chi connectivity index (χ0n) is 16.7. The number of nitrogens with one attached hydrogen (secondary N) is 1. The number of rotatable bonds is 4. The number of hydrogen-bond donors (Lipinski definition) is 2. The van der Waals surface area contributed by atoms with E-state index < -0.39 is 0 Å². The normalized spacial score (nSPS) is 20.5. The number of phenolic OH excluding ortho intramolecular Hbond substituents is 1. The molecule has 3 aromatic carbocycles. The van der Waals surface area contributed by atoms with E-state index in [4.69, 9.17) is 0 Å². The third kappa shape index (κ3) is 3.80. The van der Waals surface area contributed by atoms with Gasteiger partial charge in [0, 0.05) is 17.6 Å². The van der Waals surface area contributed by atoms with Crippen LogP contribution in [0.25, 0.3) is 10.8 Å². The molecule has 2 aliphatic heterocycles. The molecule has 1 amide bonds. The summed E-state index contributed by atoms with van der Waals surface area (Å²) < 4.78 is 13.9. The fourth-order valence-electron chi connectivity index (χ4n) is 4.39. The van der Waals surface area contributed by atoms with Gasteiger partial charge in [0.2, 0.25) is 5.91 Å². The molecule has 0 saturated carbocycles. The number of likely N-dealkylation sites (tertiary alicyclic amines) is 1. The molecular weight excluding hydrogens is 395 g/mol. The van der Waals surface area contributed by atoms with Crippen LogP contribution in [-0.4, -0.2) is 47.1 Å². The third-order valence-electron chi connectivity index (χ3n) is 5.78. The molecule has 2 aliphatic rings. The van der Waals surface area contributed by atoms with E-state index in [-0.39, 0.29) is 36.1 Å². The van der Waals surface area contributed by atoms with Crippen molar-refractivity contribution < 1.29 is 14.3 Å². The fourth-order valence-corrected chi connectivity index (χ4v) is 4.39. The van der Waals surface area contributed by atoms with Gasteiger partial charge in [-0.2, -0.15) is 0 Å². The Morgan fingerprint density at radius 3 is 2.90 bits per heavy atom. The summed E-state index contributed by atoms with van der Waals surface area (Å²) in [4.78, 5) is 23.8. The highest BCUT2D eigenvalue weighted by Crippen LogP contribution is 2.33. The number of piperidine rings is 1. The second kappa shape index (κ2) is 7.92. The van der Waals surface area contributed by atoms with Gasteiger partial charge < -0.3 is 10.4 Å². The highest BCUT2D eigenvalue weighted by Gasteiger charge is 2.37. The lowest BCUT2D eigenvalue weighted by Crippen LogP contribution is -2.47. The zero-order chi connectivity index (χ0) is 21.4. The molecule has 2 atom stereocenters. The first-order chi connectivity index (χ1) is 15.1. The molecule has 2 N–H and O–H groups in total. The summed E-state index contributed by atoms with van der Waals surface area (Å²) >= 11 is 0. The van der Waals surface area contributed by atoms with Crippen LogP contribution >= 0.6 is 0 Å². The average molecular weight is 416 g/mol. The van der Waals surface area contributed by atoms with E-state index in [1.54, 1.807) is 24.5 Å². The van der Waals surface area contributed by atoms with Gasteiger partial charge in [0.1, 0.15) is 17.9 Å². The predicted molar refractivity (Wildman–Crippen MR) is 119 cm³/mol. The van der Waals surface area contributed by atoms with Crippen LogP contribution in [0.3, 0.4) is 0 Å². The Balaban J connectivity index is 1.40. The van der Waals surface area contributed by atoms with E-state index in [0.717, 1.165) is 28.5 Å². The van der Waals surface area contributed by atoms with Crippen LogP contribution in [-0.2, 0) is 4.79 Å². The number of aliphatic imine (C=N–C) groups is 2. The van der Waals surface area contributed by atoms with E-state index in [9.17, 15) is 14.3 Å². The molecule has 1 saturated heterocycles. The molecule has 2 unspecified atom stereocenters. The first-order valence-corrected chi connectivity index (χ1v) is 10.2. The van der Waals surface area contributed by atoms with Gasteiger partial charge in [-0.15, -0.1) is 0 Å². The molecule has 0 spiro atoms. The summed E-state index contributed by atoms with van der Waals surface area (Å²) in [5.41, 5.74) is 2.24. The van der Waals surface area contributed by atoms with E-state index in [1.807, 2.05) is 35.2 Å². The molecule has 0 aliphatic carbocycles. The zero-order valence-corrected chi connectivity index (χ0v) is 16.7. The summed E-state index contributed by atoms with van der Waals surface area (Å²) in [6.07, 6.45) is 2.31. The number of fused-ring (bicyclic) bond motifs is 2. The first-order valence-electron chi connectivity index (χ1n) is 10.2. The highest BCUT2D eigenvalue weighted by molar-refractivity contribution is 6.05. The Kier molecular flexibility index (Phi) is 4.95. The Morgan fingerprint density at radius 1 is 1.16 bits per heavy atom. The molecule has 3 aromatic rings. The van der Waals surface area contributed by atoms with Crippen molar-refractivity contribution in [1.29, 1.82) is 0 Å². The van der Waals surface area contributed by atoms with Crippen LogP contribution in [0.15, 0.2) is 70.6 Å². The summed E-state index contributed by atoms with van der Waals surface area (Å²) in [5, 5.41) is 14.5. The molecule has 6 nitrogen and oxygen atoms in total. The number of halogens is 1. The third-order valence-corrected chi connectivity index (χ3v) is 5.78. The number of phenols is 1. The highest BCUT2D eigenvalue weighted by atomic mass is 19.1. The Labute approximate surface area is 178 Å². The van der Waals surface area contributed by atoms with E-state index >= 15 is 0 Å². The number of carbonyl (C=O) groups is 1. The molecule has 0 aromatic heterocycles. The lowest BCUT2D eigenvalue weighted by Gasteiger charge is -2.38. The van der Waals surface area contributed by atoms with Crippen molar-refractivity contribution in [3.8, 4) is 5.75 Å². The molecule has 156 valence electrons. The van der Waals surface area contributed by atoms with Crippen LogP contribution < -0.4 is 5.32 Å². The van der Waals surface area contributed by atoms with Gasteiger partial charge in [-0.05, 0) is 47.7 Å². The van der Waals surface area contributed by atoms with E-state index in [2.05, 4.69) is 15.3 Å². The number of carbonyl (C=O) groups excluding carboxylic acids is 1. The summed E-state index contributed by atoms with van der Waals surface area (Å²) in [7, 11) is 0. The Hall–Kier alpha value is -3.58. The molecule has 0 bridgehead atoms. The van der Waals surface area contributed by atoms with Crippen LogP contribution in [0.2, 0.25) is 0 Å². The summed E-state index contributed by atoms with van der Waals surface area (Å²) in [6.45, 7) is 0.772. The van der Waals surface area contributed by atoms with Crippen molar-refractivity contribution in [2.24, 2.45) is 9.98 Å². The van der Waals surface area contributed by atoms with Gasteiger partial charge >= 0.3 is 0 Å². The molecular formula is C24H21FN4O2.